The molecular formula is C14H20N4. The first kappa shape index (κ1) is 12.7. The summed E-state index contributed by atoms with van der Waals surface area (Å²) < 4.78 is 0. The molecule has 1 aromatic rings. The smallest absolute Gasteiger partial charge is 0.0992 e. The van der Waals surface area contributed by atoms with Crippen LogP contribution in [0.25, 0.3) is 0 Å². The van der Waals surface area contributed by atoms with E-state index in [-0.39, 0.29) is 0 Å². The Morgan fingerprint density at radius 3 is 2.83 bits per heavy atom. The molecular weight excluding hydrogens is 224 g/mol. The monoisotopic (exact) mass is 244 g/mol. The van der Waals surface area contributed by atoms with E-state index in [1.807, 2.05) is 6.07 Å². The molecule has 4 nitrogen and oxygen atoms in total. The van der Waals surface area contributed by atoms with Crippen molar-refractivity contribution in [2.75, 3.05) is 30.7 Å². The van der Waals surface area contributed by atoms with Crippen LogP contribution in [0.1, 0.15) is 25.3 Å². The molecule has 1 aromatic carbocycles. The maximum atomic E-state index is 8.77. The van der Waals surface area contributed by atoms with Crippen LogP contribution in [0.15, 0.2) is 18.2 Å². The molecule has 0 aliphatic heterocycles. The van der Waals surface area contributed by atoms with Crippen LogP contribution in [0.5, 0.6) is 0 Å². The lowest BCUT2D eigenvalue weighted by atomic mass is 10.2. The summed E-state index contributed by atoms with van der Waals surface area (Å²) >= 11 is 0. The van der Waals surface area contributed by atoms with Crippen molar-refractivity contribution in [3.05, 3.63) is 23.8 Å². The molecule has 1 saturated carbocycles. The summed E-state index contributed by atoms with van der Waals surface area (Å²) in [5.74, 6) is 0. The van der Waals surface area contributed by atoms with E-state index in [2.05, 4.69) is 23.2 Å². The molecule has 18 heavy (non-hydrogen) atoms. The molecule has 1 aliphatic rings. The number of nitrogens with two attached hydrogens (primary N) is 1. The van der Waals surface area contributed by atoms with Gasteiger partial charge in [0.05, 0.1) is 23.0 Å². The van der Waals surface area contributed by atoms with Crippen molar-refractivity contribution in [2.45, 2.75) is 25.8 Å². The van der Waals surface area contributed by atoms with Crippen LogP contribution in [0.4, 0.5) is 11.4 Å². The number of nitriles is 1. The van der Waals surface area contributed by atoms with Crippen molar-refractivity contribution < 1.29 is 0 Å². The molecule has 0 atom stereocenters. The highest BCUT2D eigenvalue weighted by Gasteiger charge is 2.27. The molecule has 0 bridgehead atoms. The zero-order valence-electron chi connectivity index (χ0n) is 10.8. The molecule has 0 unspecified atom stereocenters. The van der Waals surface area contributed by atoms with E-state index >= 15 is 0 Å². The summed E-state index contributed by atoms with van der Waals surface area (Å²) in [6, 6.07) is 8.26. The lowest BCUT2D eigenvalue weighted by Gasteiger charge is -2.20. The van der Waals surface area contributed by atoms with Crippen LogP contribution in [0.2, 0.25) is 0 Å². The molecule has 0 aromatic heterocycles. The molecule has 0 spiro atoms. The molecule has 0 amide bonds. The van der Waals surface area contributed by atoms with E-state index in [0.29, 0.717) is 11.3 Å². The number of hydrogen-bond acceptors (Lipinski definition) is 4. The maximum absolute atomic E-state index is 8.77. The van der Waals surface area contributed by atoms with Crippen LogP contribution in [-0.2, 0) is 0 Å². The number of hydrogen-bond donors (Lipinski definition) is 2. The molecule has 1 aliphatic carbocycles. The zero-order chi connectivity index (χ0) is 13.0. The molecule has 2 rings (SSSR count). The van der Waals surface area contributed by atoms with Crippen molar-refractivity contribution >= 4 is 11.4 Å². The van der Waals surface area contributed by atoms with Gasteiger partial charge in [-0.25, -0.2) is 0 Å². The molecule has 3 N–H and O–H groups in total. The highest BCUT2D eigenvalue weighted by molar-refractivity contribution is 5.68. The quantitative estimate of drug-likeness (QED) is 0.752. The molecule has 4 heteroatoms. The Hall–Kier alpha value is -1.73. The first-order chi connectivity index (χ1) is 8.74. The van der Waals surface area contributed by atoms with E-state index in [9.17, 15) is 0 Å². The van der Waals surface area contributed by atoms with Gasteiger partial charge >= 0.3 is 0 Å². The third-order valence-electron chi connectivity index (χ3n) is 3.36. The average Bonchev–Trinajstić information content (AvgIpc) is 3.20. The Labute approximate surface area is 108 Å². The van der Waals surface area contributed by atoms with Gasteiger partial charge in [0.2, 0.25) is 0 Å². The molecule has 0 radical (unpaired) electrons. The lowest BCUT2D eigenvalue weighted by Crippen LogP contribution is -2.31. The highest BCUT2D eigenvalue weighted by Crippen LogP contribution is 2.26. The Balaban J connectivity index is 1.84. The lowest BCUT2D eigenvalue weighted by molar-refractivity contribution is 0.289. The summed E-state index contributed by atoms with van der Waals surface area (Å²) in [6.07, 6.45) is 2.68. The Bertz CT molecular complexity index is 446. The minimum atomic E-state index is 0.603. The summed E-state index contributed by atoms with van der Waals surface area (Å²) in [5.41, 5.74) is 8.05. The fourth-order valence-corrected chi connectivity index (χ4v) is 2.17. The Morgan fingerprint density at radius 2 is 2.28 bits per heavy atom. The number of anilines is 2. The van der Waals surface area contributed by atoms with Crippen LogP contribution >= 0.6 is 0 Å². The second kappa shape index (κ2) is 5.74. The van der Waals surface area contributed by atoms with Crippen molar-refractivity contribution in [3.63, 3.8) is 0 Å². The van der Waals surface area contributed by atoms with Crippen LogP contribution in [-0.4, -0.2) is 30.6 Å². The fourth-order valence-electron chi connectivity index (χ4n) is 2.17. The summed E-state index contributed by atoms with van der Waals surface area (Å²) in [5, 5.41) is 12.1. The highest BCUT2D eigenvalue weighted by atomic mass is 15.2. The van der Waals surface area contributed by atoms with E-state index in [1.165, 1.54) is 12.8 Å². The topological polar surface area (TPSA) is 65.1 Å². The predicted molar refractivity (Wildman–Crippen MR) is 74.3 cm³/mol. The van der Waals surface area contributed by atoms with Crippen molar-refractivity contribution in [2.24, 2.45) is 0 Å². The van der Waals surface area contributed by atoms with Crippen molar-refractivity contribution in [3.8, 4) is 6.07 Å². The molecule has 0 saturated heterocycles. The third kappa shape index (κ3) is 3.14. The number of rotatable bonds is 6. The van der Waals surface area contributed by atoms with E-state index in [0.717, 1.165) is 31.4 Å². The number of nitrogens with zero attached hydrogens (tertiary/aromatic N) is 2. The van der Waals surface area contributed by atoms with Gasteiger partial charge in [-0.05, 0) is 37.6 Å². The number of likely N-dealkylation sites (N-methyl/N-ethyl adjacent to an activating group) is 1. The summed E-state index contributed by atoms with van der Waals surface area (Å²) in [7, 11) is 0. The van der Waals surface area contributed by atoms with Gasteiger partial charge in [0, 0.05) is 19.1 Å². The SMILES string of the molecule is CCN(CCNc1ccc(C#N)cc1N)C1CC1. The fraction of sp³-hybridized carbons (Fsp3) is 0.500. The van der Waals surface area contributed by atoms with Gasteiger partial charge in [-0.3, -0.25) is 4.90 Å². The van der Waals surface area contributed by atoms with E-state index in [4.69, 9.17) is 11.0 Å². The minimum absolute atomic E-state index is 0.603. The molecule has 1 fully saturated rings. The number of benzene rings is 1. The molecule has 0 heterocycles. The van der Waals surface area contributed by atoms with Gasteiger partial charge in [0.25, 0.3) is 0 Å². The first-order valence-electron chi connectivity index (χ1n) is 6.52. The van der Waals surface area contributed by atoms with Crippen molar-refractivity contribution in [1.29, 1.82) is 5.26 Å². The Kier molecular flexibility index (Phi) is 4.06. The summed E-state index contributed by atoms with van der Waals surface area (Å²) in [6.45, 7) is 5.24. The van der Waals surface area contributed by atoms with E-state index < -0.39 is 0 Å². The largest absolute Gasteiger partial charge is 0.397 e. The van der Waals surface area contributed by atoms with Gasteiger partial charge in [0.1, 0.15) is 0 Å². The van der Waals surface area contributed by atoms with Crippen molar-refractivity contribution in [1.82, 2.24) is 4.90 Å². The second-order valence-corrected chi connectivity index (χ2v) is 4.70. The van der Waals surface area contributed by atoms with Crippen LogP contribution < -0.4 is 11.1 Å². The van der Waals surface area contributed by atoms with Gasteiger partial charge < -0.3 is 11.1 Å². The standard InChI is InChI=1S/C14H20N4/c1-2-18(12-4-5-12)8-7-17-14-6-3-11(10-15)9-13(14)16/h3,6,9,12,17H,2,4-5,7-8,16H2,1H3. The van der Waals surface area contributed by atoms with Gasteiger partial charge in [-0.2, -0.15) is 5.26 Å². The third-order valence-corrected chi connectivity index (χ3v) is 3.36. The number of nitrogens with one attached hydrogen (secondary N) is 1. The normalized spacial score (nSPS) is 14.5. The minimum Gasteiger partial charge on any atom is -0.397 e. The van der Waals surface area contributed by atoms with Crippen LogP contribution in [0.3, 0.4) is 0 Å². The molecule has 96 valence electrons. The maximum Gasteiger partial charge on any atom is 0.0992 e. The first-order valence-corrected chi connectivity index (χ1v) is 6.52. The van der Waals surface area contributed by atoms with Gasteiger partial charge in [-0.1, -0.05) is 6.92 Å². The zero-order valence-corrected chi connectivity index (χ0v) is 10.8. The second-order valence-electron chi connectivity index (χ2n) is 4.70. The Morgan fingerprint density at radius 1 is 1.50 bits per heavy atom. The van der Waals surface area contributed by atoms with Gasteiger partial charge in [-0.15, -0.1) is 0 Å². The van der Waals surface area contributed by atoms with E-state index in [1.54, 1.807) is 12.1 Å². The van der Waals surface area contributed by atoms with Gasteiger partial charge in [0.15, 0.2) is 0 Å². The summed E-state index contributed by atoms with van der Waals surface area (Å²) in [4.78, 5) is 2.49. The van der Waals surface area contributed by atoms with Crippen LogP contribution in [0, 0.1) is 11.3 Å². The number of nitrogen functional groups attached to an aromatic ring is 1. The average molecular weight is 244 g/mol. The predicted octanol–water partition coefficient (Wildman–Crippen LogP) is 2.04.